The van der Waals surface area contributed by atoms with E-state index in [0.717, 1.165) is 25.2 Å². The molecule has 0 aromatic heterocycles. The molecule has 1 aromatic carbocycles. The van der Waals surface area contributed by atoms with Gasteiger partial charge in [0.1, 0.15) is 0 Å². The van der Waals surface area contributed by atoms with Crippen LogP contribution in [0, 0.1) is 11.3 Å². The molecule has 1 aliphatic rings. The Balaban J connectivity index is 2.10. The van der Waals surface area contributed by atoms with Gasteiger partial charge in [-0.15, -0.1) is 0 Å². The highest BCUT2D eigenvalue weighted by atomic mass is 16.1. The van der Waals surface area contributed by atoms with Crippen molar-refractivity contribution in [2.75, 3.05) is 23.7 Å². The maximum Gasteiger partial charge on any atom is 0.217 e. The number of carbonyl (C=O) groups excluding carboxylic acids is 1. The third-order valence-corrected chi connectivity index (χ3v) is 3.09. The van der Waals surface area contributed by atoms with E-state index in [4.69, 9.17) is 11.0 Å². The summed E-state index contributed by atoms with van der Waals surface area (Å²) < 4.78 is 0. The quantitative estimate of drug-likeness (QED) is 0.756. The minimum absolute atomic E-state index is 0.00495. The second-order valence-corrected chi connectivity index (χ2v) is 4.52. The average Bonchev–Trinajstić information content (AvgIpc) is 2.76. The number of benzene rings is 1. The summed E-state index contributed by atoms with van der Waals surface area (Å²) >= 11 is 0. The SMILES string of the molecule is CC(=O)NC1CCN(c2ccc(C#N)cc2N)C1. The van der Waals surface area contributed by atoms with Crippen molar-refractivity contribution in [3.05, 3.63) is 23.8 Å². The van der Waals surface area contributed by atoms with Crippen LogP contribution in [0.25, 0.3) is 0 Å². The molecule has 1 saturated heterocycles. The molecule has 2 rings (SSSR count). The number of rotatable bonds is 2. The van der Waals surface area contributed by atoms with Gasteiger partial charge in [0.05, 0.1) is 23.0 Å². The molecule has 0 saturated carbocycles. The Morgan fingerprint density at radius 3 is 3.00 bits per heavy atom. The molecule has 3 N–H and O–H groups in total. The molecule has 1 aliphatic heterocycles. The Morgan fingerprint density at radius 1 is 1.61 bits per heavy atom. The molecule has 1 unspecified atom stereocenters. The summed E-state index contributed by atoms with van der Waals surface area (Å²) in [5, 5.41) is 11.7. The number of hydrogen-bond acceptors (Lipinski definition) is 4. The van der Waals surface area contributed by atoms with E-state index in [0.29, 0.717) is 11.3 Å². The van der Waals surface area contributed by atoms with Crippen LogP contribution in [0.2, 0.25) is 0 Å². The van der Waals surface area contributed by atoms with Crippen molar-refractivity contribution in [2.24, 2.45) is 0 Å². The molecule has 1 fully saturated rings. The van der Waals surface area contributed by atoms with Crippen LogP contribution in [0.4, 0.5) is 11.4 Å². The van der Waals surface area contributed by atoms with Crippen molar-refractivity contribution in [3.8, 4) is 6.07 Å². The van der Waals surface area contributed by atoms with Gasteiger partial charge in [-0.1, -0.05) is 0 Å². The Labute approximate surface area is 106 Å². The van der Waals surface area contributed by atoms with E-state index >= 15 is 0 Å². The molecule has 0 radical (unpaired) electrons. The van der Waals surface area contributed by atoms with E-state index < -0.39 is 0 Å². The normalized spacial score (nSPS) is 18.4. The average molecular weight is 244 g/mol. The second kappa shape index (κ2) is 4.96. The van der Waals surface area contributed by atoms with Crippen molar-refractivity contribution in [1.29, 1.82) is 5.26 Å². The molecule has 1 atom stereocenters. The van der Waals surface area contributed by atoms with Crippen LogP contribution in [-0.2, 0) is 4.79 Å². The Kier molecular flexibility index (Phi) is 3.38. The van der Waals surface area contributed by atoms with Gasteiger partial charge in [-0.3, -0.25) is 4.79 Å². The Hall–Kier alpha value is -2.22. The van der Waals surface area contributed by atoms with E-state index in [2.05, 4.69) is 16.3 Å². The predicted octanol–water partition coefficient (Wildman–Crippen LogP) is 0.855. The van der Waals surface area contributed by atoms with Crippen molar-refractivity contribution < 1.29 is 4.79 Å². The molecule has 0 bridgehead atoms. The fourth-order valence-electron chi connectivity index (χ4n) is 2.30. The maximum absolute atomic E-state index is 11.0. The number of carbonyl (C=O) groups is 1. The van der Waals surface area contributed by atoms with E-state index in [1.807, 2.05) is 6.07 Å². The highest BCUT2D eigenvalue weighted by Gasteiger charge is 2.24. The van der Waals surface area contributed by atoms with Gasteiger partial charge < -0.3 is 16.0 Å². The van der Waals surface area contributed by atoms with Gasteiger partial charge in [0.25, 0.3) is 0 Å². The fourth-order valence-corrected chi connectivity index (χ4v) is 2.30. The Bertz CT molecular complexity index is 506. The summed E-state index contributed by atoms with van der Waals surface area (Å²) in [6.07, 6.45) is 0.916. The lowest BCUT2D eigenvalue weighted by molar-refractivity contribution is -0.119. The molecule has 5 nitrogen and oxygen atoms in total. The van der Waals surface area contributed by atoms with E-state index in [1.165, 1.54) is 6.92 Å². The molecular weight excluding hydrogens is 228 g/mol. The summed E-state index contributed by atoms with van der Waals surface area (Å²) in [5.41, 5.74) is 8.05. The van der Waals surface area contributed by atoms with Gasteiger partial charge >= 0.3 is 0 Å². The van der Waals surface area contributed by atoms with Crippen LogP contribution in [0.15, 0.2) is 18.2 Å². The van der Waals surface area contributed by atoms with Crippen molar-refractivity contribution in [3.63, 3.8) is 0 Å². The number of nitrogens with one attached hydrogen (secondary N) is 1. The van der Waals surface area contributed by atoms with Gasteiger partial charge in [0.2, 0.25) is 5.91 Å². The highest BCUT2D eigenvalue weighted by Crippen LogP contribution is 2.27. The van der Waals surface area contributed by atoms with Gasteiger partial charge in [-0.2, -0.15) is 5.26 Å². The Morgan fingerprint density at radius 2 is 2.39 bits per heavy atom. The summed E-state index contributed by atoms with van der Waals surface area (Å²) in [7, 11) is 0. The number of anilines is 2. The molecule has 1 heterocycles. The van der Waals surface area contributed by atoms with E-state index in [1.54, 1.807) is 12.1 Å². The second-order valence-electron chi connectivity index (χ2n) is 4.52. The van der Waals surface area contributed by atoms with Crippen LogP contribution in [0.3, 0.4) is 0 Å². The van der Waals surface area contributed by atoms with Gasteiger partial charge in [0, 0.05) is 26.1 Å². The lowest BCUT2D eigenvalue weighted by Crippen LogP contribution is -2.35. The molecule has 1 aromatic rings. The van der Waals surface area contributed by atoms with Crippen LogP contribution in [-0.4, -0.2) is 25.0 Å². The zero-order valence-electron chi connectivity index (χ0n) is 10.3. The molecule has 1 amide bonds. The first kappa shape index (κ1) is 12.2. The van der Waals surface area contributed by atoms with Gasteiger partial charge in [-0.25, -0.2) is 0 Å². The van der Waals surface area contributed by atoms with Gasteiger partial charge in [-0.05, 0) is 24.6 Å². The van der Waals surface area contributed by atoms with Crippen molar-refractivity contribution in [1.82, 2.24) is 5.32 Å². The van der Waals surface area contributed by atoms with Crippen LogP contribution in [0.5, 0.6) is 0 Å². The number of nitrogen functional groups attached to an aromatic ring is 1. The summed E-state index contributed by atoms with van der Waals surface area (Å²) in [4.78, 5) is 13.1. The smallest absolute Gasteiger partial charge is 0.217 e. The largest absolute Gasteiger partial charge is 0.397 e. The molecular formula is C13H16N4O. The predicted molar refractivity (Wildman–Crippen MR) is 70.0 cm³/mol. The molecule has 5 heteroatoms. The number of hydrogen-bond donors (Lipinski definition) is 2. The van der Waals surface area contributed by atoms with E-state index in [-0.39, 0.29) is 11.9 Å². The first-order valence-electron chi connectivity index (χ1n) is 5.92. The highest BCUT2D eigenvalue weighted by molar-refractivity contribution is 5.74. The summed E-state index contributed by atoms with van der Waals surface area (Å²) in [6, 6.07) is 7.55. The van der Waals surface area contributed by atoms with Crippen LogP contribution in [0.1, 0.15) is 18.9 Å². The molecule has 0 aliphatic carbocycles. The molecule has 18 heavy (non-hydrogen) atoms. The zero-order valence-corrected chi connectivity index (χ0v) is 10.3. The first-order chi connectivity index (χ1) is 8.60. The summed E-state index contributed by atoms with van der Waals surface area (Å²) in [6.45, 7) is 3.15. The minimum atomic E-state index is -0.00495. The van der Waals surface area contributed by atoms with Crippen molar-refractivity contribution >= 4 is 17.3 Å². The van der Waals surface area contributed by atoms with Gasteiger partial charge in [0.15, 0.2) is 0 Å². The number of nitrogens with two attached hydrogens (primary N) is 1. The minimum Gasteiger partial charge on any atom is -0.397 e. The first-order valence-corrected chi connectivity index (χ1v) is 5.92. The third-order valence-electron chi connectivity index (χ3n) is 3.09. The number of nitriles is 1. The monoisotopic (exact) mass is 244 g/mol. The van der Waals surface area contributed by atoms with Crippen LogP contribution >= 0.6 is 0 Å². The summed E-state index contributed by atoms with van der Waals surface area (Å²) in [5.74, 6) is -0.00495. The van der Waals surface area contributed by atoms with E-state index in [9.17, 15) is 4.79 Å². The third kappa shape index (κ3) is 2.54. The van der Waals surface area contributed by atoms with Crippen molar-refractivity contribution in [2.45, 2.75) is 19.4 Å². The lowest BCUT2D eigenvalue weighted by atomic mass is 10.2. The number of nitrogens with zero attached hydrogens (tertiary/aromatic N) is 2. The zero-order chi connectivity index (χ0) is 13.1. The lowest BCUT2D eigenvalue weighted by Gasteiger charge is -2.20. The van der Waals surface area contributed by atoms with Crippen LogP contribution < -0.4 is 16.0 Å². The maximum atomic E-state index is 11.0. The topological polar surface area (TPSA) is 82.2 Å². The fraction of sp³-hybridized carbons (Fsp3) is 0.385. The standard InChI is InChI=1S/C13H16N4O/c1-9(18)16-11-4-5-17(8-11)13-3-2-10(7-14)6-12(13)15/h2-3,6,11H,4-5,8,15H2,1H3,(H,16,18). The molecule has 0 spiro atoms. The molecule has 94 valence electrons. The number of amides is 1.